The summed E-state index contributed by atoms with van der Waals surface area (Å²) in [6.07, 6.45) is 8.50. The second-order valence-corrected chi connectivity index (χ2v) is 17.5. The third kappa shape index (κ3) is 8.82. The Morgan fingerprint density at radius 3 is 1.48 bits per heavy atom. The monoisotopic (exact) mass is 736 g/mol. The van der Waals surface area contributed by atoms with Gasteiger partial charge in [0.2, 0.25) is 0 Å². The van der Waals surface area contributed by atoms with Gasteiger partial charge < -0.3 is 0 Å². The third-order valence-electron chi connectivity index (χ3n) is 9.72. The molecule has 0 aromatic heterocycles. The molecule has 0 heterocycles. The summed E-state index contributed by atoms with van der Waals surface area (Å²) in [5, 5.41) is 5.44. The van der Waals surface area contributed by atoms with Gasteiger partial charge in [-0.25, -0.2) is 0 Å². The first kappa shape index (κ1) is 35.1. The Kier molecular flexibility index (Phi) is 13.6. The molecule has 0 N–H and O–H groups in total. The molecule has 3 unspecified atom stereocenters. The fourth-order valence-corrected chi connectivity index (χ4v) is 8.68. The van der Waals surface area contributed by atoms with Gasteiger partial charge in [-0.2, -0.15) is 12.1 Å². The Bertz CT molecular complexity index is 1650. The molecule has 0 spiro atoms. The summed E-state index contributed by atoms with van der Waals surface area (Å²) in [7, 11) is 11.1. The number of fused-ring (bicyclic) bond motifs is 4. The van der Waals surface area contributed by atoms with Crippen LogP contribution in [-0.2, 0) is 33.7 Å². The van der Waals surface area contributed by atoms with Gasteiger partial charge in [0, 0.05) is 9.52 Å². The van der Waals surface area contributed by atoms with E-state index in [0.717, 1.165) is 24.3 Å². The average Bonchev–Trinajstić information content (AvgIpc) is 3.93. The molecule has 0 amide bonds. The van der Waals surface area contributed by atoms with Crippen LogP contribution in [0.2, 0.25) is 12.1 Å². The summed E-state index contributed by atoms with van der Waals surface area (Å²) in [5.41, 5.74) is 9.26. The predicted octanol–water partition coefficient (Wildman–Crippen LogP) is 13.3. The molecule has 0 nitrogen and oxygen atoms in total. The molecule has 0 aliphatic heterocycles. The SMILES string of the molecule is CCc1cc2c(-c3ccccc3)cccc2[cH-]1.CCc1cc2c(-c3ccccc3)cccc2[cH-]1.C[Si]C1CC2CCC1C2.[Cl][Zr+2][Cl]. The molecule has 234 valence electrons. The summed E-state index contributed by atoms with van der Waals surface area (Å²) < 4.78 is 0. The number of rotatable bonds is 5. The molecule has 4 heteroatoms. The molecule has 0 saturated heterocycles. The van der Waals surface area contributed by atoms with Crippen LogP contribution in [0.4, 0.5) is 0 Å². The molecule has 8 rings (SSSR count). The van der Waals surface area contributed by atoms with Crippen LogP contribution in [0, 0.1) is 11.8 Å². The van der Waals surface area contributed by atoms with E-state index in [1.54, 1.807) is 25.7 Å². The maximum atomic E-state index is 4.93. The van der Waals surface area contributed by atoms with Crippen LogP contribution in [-0.4, -0.2) is 9.52 Å². The van der Waals surface area contributed by atoms with Crippen molar-refractivity contribution in [2.24, 2.45) is 11.8 Å². The van der Waals surface area contributed by atoms with Gasteiger partial charge in [-0.05, 0) is 47.8 Å². The predicted molar refractivity (Wildman–Crippen MR) is 201 cm³/mol. The van der Waals surface area contributed by atoms with Crippen LogP contribution in [0.3, 0.4) is 0 Å². The van der Waals surface area contributed by atoms with Gasteiger partial charge in [0.15, 0.2) is 0 Å². The number of benzene rings is 4. The zero-order chi connectivity index (χ0) is 32.3. The first-order valence-electron chi connectivity index (χ1n) is 16.7. The molecule has 46 heavy (non-hydrogen) atoms. The van der Waals surface area contributed by atoms with E-state index in [0.29, 0.717) is 0 Å². The minimum absolute atomic E-state index is 0.826. The van der Waals surface area contributed by atoms with Crippen LogP contribution in [0.15, 0.2) is 121 Å². The van der Waals surface area contributed by atoms with Gasteiger partial charge in [-0.1, -0.05) is 124 Å². The summed E-state index contributed by atoms with van der Waals surface area (Å²) >= 11 is -0.826. The molecule has 6 aromatic rings. The summed E-state index contributed by atoms with van der Waals surface area (Å²) in [6, 6.07) is 43.5. The summed E-state index contributed by atoms with van der Waals surface area (Å²) in [6.45, 7) is 6.79. The molecule has 2 aliphatic rings. The average molecular weight is 739 g/mol. The van der Waals surface area contributed by atoms with Gasteiger partial charge in [-0.15, -0.1) is 69.1 Å². The van der Waals surface area contributed by atoms with Crippen LogP contribution in [0.25, 0.3) is 43.8 Å². The van der Waals surface area contributed by atoms with Crippen LogP contribution >= 0.6 is 17.0 Å². The second-order valence-electron chi connectivity index (χ2n) is 12.4. The standard InChI is InChI=1S/2C17H15.C8H14Si.2ClH.Zr/c2*1-2-13-11-15-9-6-10-16(17(15)12-13)14-7-4-3-5-8-14;1-9-8-5-6-2-3-7(8)4-6;;;/h2*3-12H,2H2,1H3;6-8H,2-5H2,1H3;2*1H;/q2*-1;;;;+4/p-2. The van der Waals surface area contributed by atoms with E-state index in [2.05, 4.69) is 142 Å². The quantitative estimate of drug-likeness (QED) is 0.122. The summed E-state index contributed by atoms with van der Waals surface area (Å²) in [4.78, 5) is 0. The van der Waals surface area contributed by atoms with E-state index in [1.165, 1.54) is 70.4 Å². The molecule has 6 aromatic carbocycles. The fourth-order valence-electron chi connectivity index (χ4n) is 7.34. The van der Waals surface area contributed by atoms with Gasteiger partial charge in [0.1, 0.15) is 0 Å². The van der Waals surface area contributed by atoms with Crippen molar-refractivity contribution in [2.75, 3.05) is 0 Å². The Hall–Kier alpha value is -2.22. The third-order valence-corrected chi connectivity index (χ3v) is 11.2. The Labute approximate surface area is 297 Å². The number of halogens is 2. The summed E-state index contributed by atoms with van der Waals surface area (Å²) in [5.74, 6) is 2.32. The molecule has 2 fully saturated rings. The molecule has 2 bridgehead atoms. The fraction of sp³-hybridized carbons (Fsp3) is 0.286. The van der Waals surface area contributed by atoms with Crippen molar-refractivity contribution >= 4 is 48.1 Å². The van der Waals surface area contributed by atoms with Crippen LogP contribution < -0.4 is 0 Å². The molecular weight excluding hydrogens is 695 g/mol. The van der Waals surface area contributed by atoms with E-state index >= 15 is 0 Å². The number of aryl methyl sites for hydroxylation is 2. The first-order chi connectivity index (χ1) is 22.6. The minimum atomic E-state index is -0.826. The zero-order valence-electron chi connectivity index (χ0n) is 27.3. The van der Waals surface area contributed by atoms with E-state index in [1.807, 2.05) is 0 Å². The van der Waals surface area contributed by atoms with Crippen molar-refractivity contribution in [1.82, 2.24) is 0 Å². The number of hydrogen-bond donors (Lipinski definition) is 0. The maximum absolute atomic E-state index is 4.93. The van der Waals surface area contributed by atoms with Crippen LogP contribution in [0.5, 0.6) is 0 Å². The molecular formula is C42H44Cl2SiZr. The van der Waals surface area contributed by atoms with Gasteiger partial charge >= 0.3 is 37.9 Å². The Morgan fingerprint density at radius 2 is 1.13 bits per heavy atom. The van der Waals surface area contributed by atoms with Gasteiger partial charge in [0.25, 0.3) is 0 Å². The van der Waals surface area contributed by atoms with E-state index in [9.17, 15) is 0 Å². The van der Waals surface area contributed by atoms with E-state index < -0.39 is 20.8 Å². The molecule has 3 atom stereocenters. The Balaban J connectivity index is 0.000000136. The van der Waals surface area contributed by atoms with Crippen molar-refractivity contribution < 1.29 is 20.8 Å². The van der Waals surface area contributed by atoms with E-state index in [-0.39, 0.29) is 0 Å². The normalized spacial score (nSPS) is 17.7. The van der Waals surface area contributed by atoms with Crippen molar-refractivity contribution in [2.45, 2.75) is 64.5 Å². The van der Waals surface area contributed by atoms with E-state index in [4.69, 9.17) is 17.0 Å². The topological polar surface area (TPSA) is 0 Å². The first-order valence-corrected chi connectivity index (χ1v) is 24.6. The second kappa shape index (κ2) is 17.8. The van der Waals surface area contributed by atoms with Crippen LogP contribution in [0.1, 0.15) is 50.7 Å². The molecule has 2 aliphatic carbocycles. The Morgan fingerprint density at radius 1 is 0.652 bits per heavy atom. The molecule has 2 radical (unpaired) electrons. The van der Waals surface area contributed by atoms with Crippen molar-refractivity contribution in [3.8, 4) is 22.3 Å². The van der Waals surface area contributed by atoms with Gasteiger partial charge in [-0.3, -0.25) is 0 Å². The van der Waals surface area contributed by atoms with Crippen molar-refractivity contribution in [1.29, 1.82) is 0 Å². The van der Waals surface area contributed by atoms with Crippen molar-refractivity contribution in [3.05, 3.63) is 132 Å². The van der Waals surface area contributed by atoms with Crippen molar-refractivity contribution in [3.63, 3.8) is 0 Å². The number of hydrogen-bond acceptors (Lipinski definition) is 0. The molecule has 2 saturated carbocycles. The zero-order valence-corrected chi connectivity index (χ0v) is 32.2. The van der Waals surface area contributed by atoms with Gasteiger partial charge in [0.05, 0.1) is 0 Å².